The molecule has 0 spiro atoms. The van der Waals surface area contributed by atoms with Crippen molar-refractivity contribution in [2.24, 2.45) is 0 Å². The van der Waals surface area contributed by atoms with Gasteiger partial charge in [0, 0.05) is 49.8 Å². The summed E-state index contributed by atoms with van der Waals surface area (Å²) in [5.74, 6) is 2.06. The first-order valence-electron chi connectivity index (χ1n) is 11.7. The van der Waals surface area contributed by atoms with E-state index in [1.807, 2.05) is 35.2 Å². The lowest BCUT2D eigenvalue weighted by Crippen LogP contribution is -2.40. The van der Waals surface area contributed by atoms with E-state index in [-0.39, 0.29) is 5.91 Å². The van der Waals surface area contributed by atoms with E-state index in [2.05, 4.69) is 56.1 Å². The topological polar surface area (TPSA) is 58.6 Å². The number of benzene rings is 2. The second-order valence-electron chi connectivity index (χ2n) is 8.82. The number of nitrogens with zero attached hydrogens (tertiary/aromatic N) is 4. The Morgan fingerprint density at radius 3 is 2.41 bits per heavy atom. The van der Waals surface area contributed by atoms with Crippen molar-refractivity contribution in [2.75, 3.05) is 38.3 Å². The number of ether oxygens (including phenoxy) is 1. The highest BCUT2D eigenvalue weighted by atomic mass is 32.2. The number of hydrogen-bond donors (Lipinski definition) is 0. The lowest BCUT2D eigenvalue weighted by Gasteiger charge is -2.26. The van der Waals surface area contributed by atoms with Crippen LogP contribution in [0.15, 0.2) is 65.8 Å². The number of thioether (sulfide) groups is 1. The van der Waals surface area contributed by atoms with Crippen LogP contribution in [0.3, 0.4) is 0 Å². The molecule has 1 aliphatic heterocycles. The van der Waals surface area contributed by atoms with Crippen LogP contribution in [-0.2, 0) is 17.0 Å². The predicted octanol–water partition coefficient (Wildman–Crippen LogP) is 5.00. The molecule has 1 aliphatic rings. The predicted molar refractivity (Wildman–Crippen MR) is 137 cm³/mol. The van der Waals surface area contributed by atoms with Gasteiger partial charge in [-0.05, 0) is 29.2 Å². The summed E-state index contributed by atoms with van der Waals surface area (Å²) in [6.45, 7) is 7.63. The fourth-order valence-corrected chi connectivity index (χ4v) is 4.58. The fraction of sp³-hybridized carbons (Fsp3) is 0.370. The number of hydrogen-bond acceptors (Lipinski definition) is 6. The van der Waals surface area contributed by atoms with E-state index >= 15 is 0 Å². The number of carbonyl (C=O) groups is 1. The molecule has 7 heteroatoms. The van der Waals surface area contributed by atoms with E-state index in [1.165, 1.54) is 5.56 Å². The highest BCUT2D eigenvalue weighted by Crippen LogP contribution is 2.26. The minimum Gasteiger partial charge on any atom is -0.378 e. The highest BCUT2D eigenvalue weighted by molar-refractivity contribution is 7.98. The molecule has 1 amide bonds. The van der Waals surface area contributed by atoms with Crippen LogP contribution in [0.5, 0.6) is 0 Å². The molecular weight excluding hydrogens is 444 g/mol. The third-order valence-electron chi connectivity index (χ3n) is 5.82. The smallest absolute Gasteiger partial charge is 0.254 e. The van der Waals surface area contributed by atoms with Gasteiger partial charge < -0.3 is 14.5 Å². The number of carbonyl (C=O) groups excluding carboxylic acids is 1. The second-order valence-corrected chi connectivity index (χ2v) is 9.76. The zero-order valence-corrected chi connectivity index (χ0v) is 20.9. The van der Waals surface area contributed by atoms with Gasteiger partial charge in [-0.2, -0.15) is 0 Å². The fourth-order valence-electron chi connectivity index (χ4n) is 3.76. The van der Waals surface area contributed by atoms with Crippen molar-refractivity contribution in [3.63, 3.8) is 0 Å². The number of amides is 1. The Morgan fingerprint density at radius 1 is 1.03 bits per heavy atom. The van der Waals surface area contributed by atoms with E-state index < -0.39 is 0 Å². The maximum atomic E-state index is 12.7. The molecule has 34 heavy (non-hydrogen) atoms. The molecule has 2 aromatic carbocycles. The zero-order chi connectivity index (χ0) is 23.9. The monoisotopic (exact) mass is 476 g/mol. The Balaban J connectivity index is 1.43. The molecule has 0 aliphatic carbocycles. The minimum atomic E-state index is 0.0709. The third-order valence-corrected chi connectivity index (χ3v) is 6.74. The molecule has 0 N–H and O–H groups in total. The minimum absolute atomic E-state index is 0.0709. The standard InChI is InChI=1S/C27H32N4O2S/c1-20(2)24-17-25(30(3)18-21-7-5-4-6-8-21)29-27(28-24)34-19-22-9-11-23(12-10-22)26(32)31-13-15-33-16-14-31/h4-12,17,20H,13-16,18-19H2,1-3H3. The number of morpholine rings is 1. The Labute approximate surface area is 206 Å². The van der Waals surface area contributed by atoms with Crippen LogP contribution in [-0.4, -0.2) is 54.1 Å². The van der Waals surface area contributed by atoms with E-state index in [1.54, 1.807) is 11.8 Å². The number of anilines is 1. The van der Waals surface area contributed by atoms with Crippen LogP contribution >= 0.6 is 11.8 Å². The lowest BCUT2D eigenvalue weighted by molar-refractivity contribution is 0.0303. The molecular formula is C27H32N4O2S. The Morgan fingerprint density at radius 2 is 1.74 bits per heavy atom. The summed E-state index contributed by atoms with van der Waals surface area (Å²) in [5, 5.41) is 0.773. The SMILES string of the molecule is CC(C)c1cc(N(C)Cc2ccccc2)nc(SCc2ccc(C(=O)N3CCOCC3)cc2)n1. The van der Waals surface area contributed by atoms with Gasteiger partial charge >= 0.3 is 0 Å². The molecule has 0 bridgehead atoms. The van der Waals surface area contributed by atoms with Crippen LogP contribution in [0.4, 0.5) is 5.82 Å². The van der Waals surface area contributed by atoms with Crippen LogP contribution in [0.2, 0.25) is 0 Å². The summed E-state index contributed by atoms with van der Waals surface area (Å²) in [6, 6.07) is 20.4. The van der Waals surface area contributed by atoms with Gasteiger partial charge in [-0.15, -0.1) is 0 Å². The summed E-state index contributed by atoms with van der Waals surface area (Å²) in [6.07, 6.45) is 0. The van der Waals surface area contributed by atoms with Crippen LogP contribution < -0.4 is 4.90 Å². The molecule has 0 unspecified atom stereocenters. The Kier molecular flexibility index (Phi) is 8.19. The van der Waals surface area contributed by atoms with E-state index in [9.17, 15) is 4.79 Å². The molecule has 178 valence electrons. The summed E-state index contributed by atoms with van der Waals surface area (Å²) in [5.41, 5.74) is 4.15. The second kappa shape index (κ2) is 11.5. The van der Waals surface area contributed by atoms with Crippen molar-refractivity contribution < 1.29 is 9.53 Å². The largest absolute Gasteiger partial charge is 0.378 e. The van der Waals surface area contributed by atoms with Gasteiger partial charge in [0.25, 0.3) is 5.91 Å². The van der Waals surface area contributed by atoms with Crippen molar-refractivity contribution in [3.8, 4) is 0 Å². The van der Waals surface area contributed by atoms with Gasteiger partial charge in [0.1, 0.15) is 5.82 Å². The van der Waals surface area contributed by atoms with Crippen molar-refractivity contribution in [1.29, 1.82) is 0 Å². The average Bonchev–Trinajstić information content (AvgIpc) is 2.88. The molecule has 2 heterocycles. The maximum absolute atomic E-state index is 12.7. The van der Waals surface area contributed by atoms with Crippen molar-refractivity contribution in [3.05, 3.63) is 83.0 Å². The zero-order valence-electron chi connectivity index (χ0n) is 20.1. The Hall–Kier alpha value is -2.90. The first-order valence-corrected chi connectivity index (χ1v) is 12.7. The molecule has 4 rings (SSSR count). The summed E-state index contributed by atoms with van der Waals surface area (Å²) >= 11 is 1.62. The molecule has 0 radical (unpaired) electrons. The third kappa shape index (κ3) is 6.36. The normalized spacial score (nSPS) is 13.8. The Bertz CT molecular complexity index is 1080. The van der Waals surface area contributed by atoms with Gasteiger partial charge in [-0.3, -0.25) is 4.79 Å². The average molecular weight is 477 g/mol. The van der Waals surface area contributed by atoms with Crippen molar-refractivity contribution >= 4 is 23.5 Å². The molecule has 0 saturated carbocycles. The van der Waals surface area contributed by atoms with Crippen molar-refractivity contribution in [1.82, 2.24) is 14.9 Å². The van der Waals surface area contributed by atoms with Crippen LogP contribution in [0.25, 0.3) is 0 Å². The van der Waals surface area contributed by atoms with E-state index in [0.717, 1.165) is 40.1 Å². The molecule has 1 saturated heterocycles. The highest BCUT2D eigenvalue weighted by Gasteiger charge is 2.18. The van der Waals surface area contributed by atoms with Gasteiger partial charge in [0.05, 0.1) is 13.2 Å². The maximum Gasteiger partial charge on any atom is 0.254 e. The van der Waals surface area contributed by atoms with Crippen molar-refractivity contribution in [2.45, 2.75) is 37.2 Å². The summed E-state index contributed by atoms with van der Waals surface area (Å²) in [4.78, 5) is 26.3. The van der Waals surface area contributed by atoms with Crippen LogP contribution in [0, 0.1) is 0 Å². The molecule has 6 nitrogen and oxygen atoms in total. The first kappa shape index (κ1) is 24.2. The van der Waals surface area contributed by atoms with Gasteiger partial charge in [-0.1, -0.05) is 68.1 Å². The van der Waals surface area contributed by atoms with Gasteiger partial charge in [-0.25, -0.2) is 9.97 Å². The first-order chi connectivity index (χ1) is 16.5. The van der Waals surface area contributed by atoms with E-state index in [0.29, 0.717) is 32.2 Å². The van der Waals surface area contributed by atoms with E-state index in [4.69, 9.17) is 14.7 Å². The van der Waals surface area contributed by atoms with Gasteiger partial charge in [0.2, 0.25) is 0 Å². The molecule has 1 aromatic heterocycles. The number of rotatable bonds is 8. The molecule has 0 atom stereocenters. The molecule has 3 aromatic rings. The number of aromatic nitrogens is 2. The quantitative estimate of drug-likeness (QED) is 0.337. The lowest BCUT2D eigenvalue weighted by atomic mass is 10.1. The van der Waals surface area contributed by atoms with Crippen LogP contribution in [0.1, 0.15) is 46.9 Å². The summed E-state index contributed by atoms with van der Waals surface area (Å²) < 4.78 is 5.34. The summed E-state index contributed by atoms with van der Waals surface area (Å²) in [7, 11) is 2.07. The molecule has 1 fully saturated rings. The van der Waals surface area contributed by atoms with Gasteiger partial charge in [0.15, 0.2) is 5.16 Å².